The van der Waals surface area contributed by atoms with Crippen LogP contribution in [0.15, 0.2) is 0 Å². The summed E-state index contributed by atoms with van der Waals surface area (Å²) in [5.74, 6) is 0.454. The summed E-state index contributed by atoms with van der Waals surface area (Å²) in [5.41, 5.74) is -0.0478. The molecule has 3 nitrogen and oxygen atoms in total. The third-order valence-corrected chi connectivity index (χ3v) is 3.92. The highest BCUT2D eigenvalue weighted by atomic mass is 16.5. The van der Waals surface area contributed by atoms with Crippen LogP contribution in [0.4, 0.5) is 0 Å². The molecule has 1 N–H and O–H groups in total. The lowest BCUT2D eigenvalue weighted by Crippen LogP contribution is -2.57. The Morgan fingerprint density at radius 1 is 1.40 bits per heavy atom. The molecule has 2 aliphatic rings. The molecule has 2 fully saturated rings. The van der Waals surface area contributed by atoms with Crippen LogP contribution in [0.5, 0.6) is 0 Å². The maximum atomic E-state index is 9.82. The van der Waals surface area contributed by atoms with Gasteiger partial charge in [-0.1, -0.05) is 0 Å². The van der Waals surface area contributed by atoms with E-state index in [4.69, 9.17) is 4.74 Å². The van der Waals surface area contributed by atoms with E-state index in [1.165, 1.54) is 12.8 Å². The zero-order valence-corrected chi connectivity index (χ0v) is 10.1. The van der Waals surface area contributed by atoms with E-state index < -0.39 is 5.60 Å². The molecule has 0 atom stereocenters. The van der Waals surface area contributed by atoms with Gasteiger partial charge in [0.05, 0.1) is 12.2 Å². The van der Waals surface area contributed by atoms with Gasteiger partial charge in [-0.25, -0.2) is 0 Å². The molecule has 88 valence electrons. The van der Waals surface area contributed by atoms with Crippen molar-refractivity contribution < 1.29 is 9.84 Å². The van der Waals surface area contributed by atoms with Crippen LogP contribution in [0.2, 0.25) is 0 Å². The van der Waals surface area contributed by atoms with Crippen LogP contribution in [0.3, 0.4) is 0 Å². The normalized spacial score (nSPS) is 26.4. The van der Waals surface area contributed by atoms with Crippen molar-refractivity contribution in [3.63, 3.8) is 0 Å². The lowest BCUT2D eigenvalue weighted by molar-refractivity contribution is -0.0706. The third kappa shape index (κ3) is 2.52. The zero-order chi connectivity index (χ0) is 11.1. The molecule has 0 amide bonds. The molecule has 2 rings (SSSR count). The summed E-state index contributed by atoms with van der Waals surface area (Å²) in [4.78, 5) is 2.45. The molecule has 0 unspecified atom stereocenters. The molecule has 1 saturated carbocycles. The third-order valence-electron chi connectivity index (χ3n) is 3.92. The van der Waals surface area contributed by atoms with Crippen molar-refractivity contribution >= 4 is 0 Å². The van der Waals surface area contributed by atoms with Gasteiger partial charge in [0.1, 0.15) is 0 Å². The summed E-state index contributed by atoms with van der Waals surface area (Å²) in [6.07, 6.45) is 2.62. The first-order chi connectivity index (χ1) is 6.95. The number of ether oxygens (including phenoxy) is 1. The fourth-order valence-corrected chi connectivity index (χ4v) is 2.45. The summed E-state index contributed by atoms with van der Waals surface area (Å²) >= 11 is 0. The molecular weight excluding hydrogens is 190 g/mol. The molecular formula is C12H23NO2. The van der Waals surface area contributed by atoms with E-state index in [9.17, 15) is 5.11 Å². The minimum Gasteiger partial charge on any atom is -0.390 e. The van der Waals surface area contributed by atoms with Crippen molar-refractivity contribution in [2.45, 2.75) is 32.3 Å². The van der Waals surface area contributed by atoms with E-state index in [0.717, 1.165) is 26.2 Å². The van der Waals surface area contributed by atoms with Crippen LogP contribution in [0, 0.1) is 11.3 Å². The maximum absolute atomic E-state index is 9.82. The fraction of sp³-hybridized carbons (Fsp3) is 1.00. The number of hydrogen-bond acceptors (Lipinski definition) is 3. The van der Waals surface area contributed by atoms with Gasteiger partial charge in [0.25, 0.3) is 0 Å². The summed E-state index contributed by atoms with van der Waals surface area (Å²) in [5, 5.41) is 9.82. The second kappa shape index (κ2) is 3.72. The summed E-state index contributed by atoms with van der Waals surface area (Å²) in [6.45, 7) is 7.99. The number of aliphatic hydroxyl groups is 1. The predicted molar refractivity (Wildman–Crippen MR) is 59.8 cm³/mol. The van der Waals surface area contributed by atoms with Gasteiger partial charge < -0.3 is 14.7 Å². The Bertz CT molecular complexity index is 224. The summed E-state index contributed by atoms with van der Waals surface area (Å²) in [7, 11) is 1.79. The number of rotatable bonds is 5. The standard InChI is InChI=1S/C12H23NO2/c1-11(2,14)10-6-13(7-10)8-12(4-5-12)9-15-3/h10,14H,4-9H2,1-3H3. The highest BCUT2D eigenvalue weighted by Gasteiger charge is 2.47. The average molecular weight is 213 g/mol. The van der Waals surface area contributed by atoms with Crippen LogP contribution >= 0.6 is 0 Å². The fourth-order valence-electron chi connectivity index (χ4n) is 2.45. The van der Waals surface area contributed by atoms with Gasteiger partial charge >= 0.3 is 0 Å². The lowest BCUT2D eigenvalue weighted by Gasteiger charge is -2.46. The Labute approximate surface area is 92.4 Å². The lowest BCUT2D eigenvalue weighted by atomic mass is 9.84. The quantitative estimate of drug-likeness (QED) is 0.743. The molecule has 1 heterocycles. The Morgan fingerprint density at radius 2 is 2.00 bits per heavy atom. The number of nitrogens with zero attached hydrogens (tertiary/aromatic N) is 1. The zero-order valence-electron chi connectivity index (χ0n) is 10.1. The molecule has 1 aliphatic heterocycles. The number of likely N-dealkylation sites (tertiary alicyclic amines) is 1. The molecule has 1 aliphatic carbocycles. The Hall–Kier alpha value is -0.120. The minimum atomic E-state index is -0.505. The molecule has 0 bridgehead atoms. The van der Waals surface area contributed by atoms with Crippen molar-refractivity contribution in [1.29, 1.82) is 0 Å². The van der Waals surface area contributed by atoms with E-state index in [0.29, 0.717) is 11.3 Å². The minimum absolute atomic E-state index is 0.454. The Morgan fingerprint density at radius 3 is 2.40 bits per heavy atom. The Balaban J connectivity index is 1.72. The molecule has 0 aromatic heterocycles. The smallest absolute Gasteiger partial charge is 0.0644 e. The number of hydrogen-bond donors (Lipinski definition) is 1. The van der Waals surface area contributed by atoms with E-state index in [1.807, 2.05) is 13.8 Å². The Kier molecular flexibility index (Phi) is 2.82. The highest BCUT2D eigenvalue weighted by Crippen LogP contribution is 2.47. The van der Waals surface area contributed by atoms with Crippen molar-refractivity contribution in [1.82, 2.24) is 4.90 Å². The molecule has 0 aromatic rings. The monoisotopic (exact) mass is 213 g/mol. The molecule has 0 spiro atoms. The van der Waals surface area contributed by atoms with E-state index in [1.54, 1.807) is 7.11 Å². The molecule has 15 heavy (non-hydrogen) atoms. The van der Waals surface area contributed by atoms with Crippen molar-refractivity contribution in [3.8, 4) is 0 Å². The van der Waals surface area contributed by atoms with Crippen molar-refractivity contribution in [2.24, 2.45) is 11.3 Å². The van der Waals surface area contributed by atoms with E-state index in [2.05, 4.69) is 4.90 Å². The van der Waals surface area contributed by atoms with E-state index in [-0.39, 0.29) is 0 Å². The molecule has 0 radical (unpaired) electrons. The second-order valence-electron chi connectivity index (χ2n) is 5.98. The molecule has 0 aromatic carbocycles. The van der Waals surface area contributed by atoms with Crippen LogP contribution in [0.25, 0.3) is 0 Å². The topological polar surface area (TPSA) is 32.7 Å². The molecule has 3 heteroatoms. The maximum Gasteiger partial charge on any atom is 0.0644 e. The van der Waals surface area contributed by atoms with Crippen LogP contribution < -0.4 is 0 Å². The van der Waals surface area contributed by atoms with Crippen molar-refractivity contribution in [2.75, 3.05) is 33.4 Å². The van der Waals surface area contributed by atoms with Gasteiger partial charge in [0.15, 0.2) is 0 Å². The van der Waals surface area contributed by atoms with Gasteiger partial charge in [-0.05, 0) is 26.7 Å². The predicted octanol–water partition coefficient (Wildman–Crippen LogP) is 1.12. The van der Waals surface area contributed by atoms with Gasteiger partial charge in [0.2, 0.25) is 0 Å². The highest BCUT2D eigenvalue weighted by molar-refractivity contribution is 4.99. The van der Waals surface area contributed by atoms with Gasteiger partial charge in [-0.15, -0.1) is 0 Å². The first-order valence-electron chi connectivity index (χ1n) is 5.89. The van der Waals surface area contributed by atoms with Crippen LogP contribution in [-0.2, 0) is 4.74 Å². The first-order valence-corrected chi connectivity index (χ1v) is 5.89. The second-order valence-corrected chi connectivity index (χ2v) is 5.98. The molecule has 1 saturated heterocycles. The van der Waals surface area contributed by atoms with Crippen LogP contribution in [-0.4, -0.2) is 49.0 Å². The van der Waals surface area contributed by atoms with E-state index >= 15 is 0 Å². The first kappa shape index (κ1) is 11.4. The SMILES string of the molecule is COCC1(CN2CC(C(C)(C)O)C2)CC1. The van der Waals surface area contributed by atoms with Crippen molar-refractivity contribution in [3.05, 3.63) is 0 Å². The van der Waals surface area contributed by atoms with Gasteiger partial charge in [0, 0.05) is 38.1 Å². The number of methoxy groups -OCH3 is 1. The summed E-state index contributed by atoms with van der Waals surface area (Å²) < 4.78 is 5.26. The largest absolute Gasteiger partial charge is 0.390 e. The van der Waals surface area contributed by atoms with Gasteiger partial charge in [-0.3, -0.25) is 0 Å². The van der Waals surface area contributed by atoms with Crippen LogP contribution in [0.1, 0.15) is 26.7 Å². The van der Waals surface area contributed by atoms with Gasteiger partial charge in [-0.2, -0.15) is 0 Å². The summed E-state index contributed by atoms with van der Waals surface area (Å²) in [6, 6.07) is 0. The average Bonchev–Trinajstić information content (AvgIpc) is 2.76.